The van der Waals surface area contributed by atoms with E-state index in [0.29, 0.717) is 0 Å². The fraction of sp³-hybridized carbons (Fsp3) is 0.429. The molecule has 0 aliphatic heterocycles. The molecule has 2 nitrogen and oxygen atoms in total. The van der Waals surface area contributed by atoms with Gasteiger partial charge in [-0.2, -0.15) is 0 Å². The maximum absolute atomic E-state index is 5.90. The molecule has 1 aromatic heterocycles. The zero-order valence-corrected chi connectivity index (χ0v) is 10.2. The summed E-state index contributed by atoms with van der Waals surface area (Å²) >= 11 is 0. The van der Waals surface area contributed by atoms with Crippen molar-refractivity contribution in [1.29, 1.82) is 0 Å². The van der Waals surface area contributed by atoms with E-state index in [4.69, 9.17) is 4.42 Å². The predicted octanol–water partition coefficient (Wildman–Crippen LogP) is 3.80. The van der Waals surface area contributed by atoms with Crippen molar-refractivity contribution < 1.29 is 4.42 Å². The third-order valence-electron chi connectivity index (χ3n) is 2.97. The van der Waals surface area contributed by atoms with Crippen molar-refractivity contribution in [3.05, 3.63) is 35.6 Å². The van der Waals surface area contributed by atoms with E-state index in [1.54, 1.807) is 0 Å². The molecule has 1 heterocycles. The molecular formula is C14H19NO. The van der Waals surface area contributed by atoms with Crippen LogP contribution < -0.4 is 5.32 Å². The van der Waals surface area contributed by atoms with Crippen LogP contribution in [-0.2, 0) is 0 Å². The lowest BCUT2D eigenvalue weighted by Crippen LogP contribution is -2.19. The fourth-order valence-corrected chi connectivity index (χ4v) is 2.06. The second-order valence-electron chi connectivity index (χ2n) is 4.26. The molecule has 1 unspecified atom stereocenters. The molecule has 0 aliphatic rings. The lowest BCUT2D eigenvalue weighted by molar-refractivity contribution is 0.448. The molecule has 16 heavy (non-hydrogen) atoms. The average Bonchev–Trinajstić information content (AvgIpc) is 2.64. The first-order valence-electron chi connectivity index (χ1n) is 5.95. The largest absolute Gasteiger partial charge is 0.459 e. The zero-order valence-electron chi connectivity index (χ0n) is 10.2. The van der Waals surface area contributed by atoms with Gasteiger partial charge in [0, 0.05) is 5.39 Å². The number of benzene rings is 1. The lowest BCUT2D eigenvalue weighted by Gasteiger charge is -2.11. The highest BCUT2D eigenvalue weighted by atomic mass is 16.3. The van der Waals surface area contributed by atoms with Gasteiger partial charge in [-0.3, -0.25) is 0 Å². The highest BCUT2D eigenvalue weighted by Crippen LogP contribution is 2.28. The van der Waals surface area contributed by atoms with Crippen LogP contribution in [0.15, 0.2) is 28.7 Å². The van der Waals surface area contributed by atoms with Gasteiger partial charge in [-0.1, -0.05) is 25.1 Å². The standard InChI is InChI=1S/C14H19NO/c1-4-9-15-11(3)14-10(2)12-7-5-6-8-13(12)16-14/h5-8,11,15H,4,9H2,1-3H3. The van der Waals surface area contributed by atoms with Gasteiger partial charge in [0.2, 0.25) is 0 Å². The summed E-state index contributed by atoms with van der Waals surface area (Å²) < 4.78 is 5.90. The number of hydrogen-bond acceptors (Lipinski definition) is 2. The highest BCUT2D eigenvalue weighted by molar-refractivity contribution is 5.82. The molecule has 0 spiro atoms. The van der Waals surface area contributed by atoms with Crippen molar-refractivity contribution in [2.24, 2.45) is 0 Å². The summed E-state index contributed by atoms with van der Waals surface area (Å²) in [7, 11) is 0. The van der Waals surface area contributed by atoms with Crippen LogP contribution in [-0.4, -0.2) is 6.54 Å². The van der Waals surface area contributed by atoms with Crippen molar-refractivity contribution in [1.82, 2.24) is 5.32 Å². The van der Waals surface area contributed by atoms with Crippen molar-refractivity contribution in [3.8, 4) is 0 Å². The van der Waals surface area contributed by atoms with Gasteiger partial charge in [-0.15, -0.1) is 0 Å². The summed E-state index contributed by atoms with van der Waals surface area (Å²) in [5.74, 6) is 1.06. The number of furan rings is 1. The van der Waals surface area contributed by atoms with Gasteiger partial charge in [0.25, 0.3) is 0 Å². The third kappa shape index (κ3) is 1.98. The van der Waals surface area contributed by atoms with E-state index in [2.05, 4.69) is 38.2 Å². The number of rotatable bonds is 4. The first-order valence-corrected chi connectivity index (χ1v) is 5.95. The zero-order chi connectivity index (χ0) is 11.5. The van der Waals surface area contributed by atoms with E-state index in [9.17, 15) is 0 Å². The minimum absolute atomic E-state index is 0.285. The maximum atomic E-state index is 5.90. The number of para-hydroxylation sites is 1. The smallest absolute Gasteiger partial charge is 0.134 e. The van der Waals surface area contributed by atoms with Crippen molar-refractivity contribution in [3.63, 3.8) is 0 Å². The Bertz CT molecular complexity index is 473. The van der Waals surface area contributed by atoms with Gasteiger partial charge in [0.1, 0.15) is 11.3 Å². The average molecular weight is 217 g/mol. The van der Waals surface area contributed by atoms with Crippen LogP contribution in [0.2, 0.25) is 0 Å². The van der Waals surface area contributed by atoms with E-state index in [-0.39, 0.29) is 6.04 Å². The number of hydrogen-bond donors (Lipinski definition) is 1. The van der Waals surface area contributed by atoms with Crippen LogP contribution >= 0.6 is 0 Å². The van der Waals surface area contributed by atoms with Gasteiger partial charge < -0.3 is 9.73 Å². The maximum Gasteiger partial charge on any atom is 0.134 e. The fourth-order valence-electron chi connectivity index (χ4n) is 2.06. The molecule has 86 valence electrons. The van der Waals surface area contributed by atoms with Crippen molar-refractivity contribution >= 4 is 11.0 Å². The molecule has 1 aromatic carbocycles. The van der Waals surface area contributed by atoms with E-state index >= 15 is 0 Å². The van der Waals surface area contributed by atoms with Crippen molar-refractivity contribution in [2.75, 3.05) is 6.54 Å². The summed E-state index contributed by atoms with van der Waals surface area (Å²) in [6.07, 6.45) is 1.14. The Balaban J connectivity index is 2.33. The second-order valence-corrected chi connectivity index (χ2v) is 4.26. The van der Waals surface area contributed by atoms with Gasteiger partial charge in [0.05, 0.1) is 6.04 Å². The molecule has 1 atom stereocenters. The molecule has 2 heteroatoms. The Hall–Kier alpha value is -1.28. The molecule has 0 fully saturated rings. The molecule has 2 aromatic rings. The molecule has 0 amide bonds. The molecule has 0 saturated heterocycles. The Morgan fingerprint density at radius 2 is 2.06 bits per heavy atom. The van der Waals surface area contributed by atoms with E-state index < -0.39 is 0 Å². The minimum Gasteiger partial charge on any atom is -0.459 e. The van der Waals surface area contributed by atoms with Crippen LogP contribution in [0.4, 0.5) is 0 Å². The van der Waals surface area contributed by atoms with Crippen LogP contribution in [0, 0.1) is 6.92 Å². The Kier molecular flexibility index (Phi) is 3.30. The summed E-state index contributed by atoms with van der Waals surface area (Å²) in [6.45, 7) is 7.48. The number of aryl methyl sites for hydroxylation is 1. The molecule has 0 saturated carbocycles. The van der Waals surface area contributed by atoms with Crippen LogP contribution in [0.5, 0.6) is 0 Å². The highest BCUT2D eigenvalue weighted by Gasteiger charge is 2.15. The minimum atomic E-state index is 0.285. The predicted molar refractivity (Wildman–Crippen MR) is 67.7 cm³/mol. The van der Waals surface area contributed by atoms with Crippen LogP contribution in [0.3, 0.4) is 0 Å². The summed E-state index contributed by atoms with van der Waals surface area (Å²) in [5.41, 5.74) is 2.24. The molecule has 0 bridgehead atoms. The van der Waals surface area contributed by atoms with E-state index in [1.165, 1.54) is 10.9 Å². The molecule has 1 N–H and O–H groups in total. The molecular weight excluding hydrogens is 198 g/mol. The van der Waals surface area contributed by atoms with Crippen molar-refractivity contribution in [2.45, 2.75) is 33.2 Å². The number of fused-ring (bicyclic) bond motifs is 1. The summed E-state index contributed by atoms with van der Waals surface area (Å²) in [5, 5.41) is 4.68. The van der Waals surface area contributed by atoms with Crippen LogP contribution in [0.25, 0.3) is 11.0 Å². The molecule has 0 radical (unpaired) electrons. The summed E-state index contributed by atoms with van der Waals surface area (Å²) in [4.78, 5) is 0. The molecule has 2 rings (SSSR count). The Labute approximate surface area is 96.6 Å². The quantitative estimate of drug-likeness (QED) is 0.842. The van der Waals surface area contributed by atoms with Gasteiger partial charge in [-0.05, 0) is 38.4 Å². The van der Waals surface area contributed by atoms with Gasteiger partial charge in [-0.25, -0.2) is 0 Å². The lowest BCUT2D eigenvalue weighted by atomic mass is 10.1. The SMILES string of the molecule is CCCNC(C)c1oc2ccccc2c1C. The van der Waals surface area contributed by atoms with Crippen LogP contribution in [0.1, 0.15) is 37.6 Å². The second kappa shape index (κ2) is 4.71. The monoisotopic (exact) mass is 217 g/mol. The Morgan fingerprint density at radius 1 is 1.31 bits per heavy atom. The molecule has 0 aliphatic carbocycles. The van der Waals surface area contributed by atoms with E-state index in [0.717, 1.165) is 24.3 Å². The van der Waals surface area contributed by atoms with Gasteiger partial charge in [0.15, 0.2) is 0 Å². The first kappa shape index (κ1) is 11.2. The van der Waals surface area contributed by atoms with E-state index in [1.807, 2.05) is 12.1 Å². The third-order valence-corrected chi connectivity index (χ3v) is 2.97. The Morgan fingerprint density at radius 3 is 2.75 bits per heavy atom. The number of nitrogens with one attached hydrogen (secondary N) is 1. The normalized spacial score (nSPS) is 13.2. The summed E-state index contributed by atoms with van der Waals surface area (Å²) in [6, 6.07) is 8.49. The topological polar surface area (TPSA) is 25.2 Å². The first-order chi connectivity index (χ1) is 7.74. The van der Waals surface area contributed by atoms with Gasteiger partial charge >= 0.3 is 0 Å².